The van der Waals surface area contributed by atoms with Crippen LogP contribution in [0.25, 0.3) is 0 Å². The van der Waals surface area contributed by atoms with Gasteiger partial charge in [-0.3, -0.25) is 9.59 Å². The standard InChI is InChI=1S/C19H14Cl2FN3O2/c20-15-4-3-13(8-16(15)21)25-6-5-14(19(25)27)18(26)24-10-12-2-1-11(9-23)7-17(12)22/h1-4,7-8,14H,5-6,10H2,(H,24,26). The van der Waals surface area contributed by atoms with Crippen molar-refractivity contribution in [2.24, 2.45) is 5.92 Å². The first-order chi connectivity index (χ1) is 12.9. The second kappa shape index (κ2) is 7.95. The maximum Gasteiger partial charge on any atom is 0.239 e. The molecule has 5 nitrogen and oxygen atoms in total. The molecule has 2 aromatic rings. The van der Waals surface area contributed by atoms with Crippen LogP contribution in [0.15, 0.2) is 36.4 Å². The van der Waals surface area contributed by atoms with Gasteiger partial charge in [-0.2, -0.15) is 5.26 Å². The van der Waals surface area contributed by atoms with Crippen LogP contribution in [-0.4, -0.2) is 18.4 Å². The number of benzene rings is 2. The first-order valence-electron chi connectivity index (χ1n) is 8.13. The van der Waals surface area contributed by atoms with E-state index < -0.39 is 17.6 Å². The number of hydrogen-bond acceptors (Lipinski definition) is 3. The van der Waals surface area contributed by atoms with Crippen molar-refractivity contribution in [3.8, 4) is 6.07 Å². The lowest BCUT2D eigenvalue weighted by Gasteiger charge is -2.17. The minimum atomic E-state index is -0.846. The second-order valence-electron chi connectivity index (χ2n) is 6.07. The molecule has 2 aromatic carbocycles. The summed E-state index contributed by atoms with van der Waals surface area (Å²) < 4.78 is 13.9. The van der Waals surface area contributed by atoms with E-state index in [4.69, 9.17) is 28.5 Å². The third kappa shape index (κ3) is 4.05. The first-order valence-corrected chi connectivity index (χ1v) is 8.89. The molecule has 2 amide bonds. The van der Waals surface area contributed by atoms with E-state index in [9.17, 15) is 14.0 Å². The summed E-state index contributed by atoms with van der Waals surface area (Å²) >= 11 is 11.9. The van der Waals surface area contributed by atoms with Crippen LogP contribution < -0.4 is 10.2 Å². The number of amides is 2. The summed E-state index contributed by atoms with van der Waals surface area (Å²) in [6, 6.07) is 10.7. The van der Waals surface area contributed by atoms with Crippen molar-refractivity contribution in [2.75, 3.05) is 11.4 Å². The Labute approximate surface area is 165 Å². The van der Waals surface area contributed by atoms with E-state index in [-0.39, 0.29) is 23.6 Å². The molecule has 1 aliphatic heterocycles. The maximum atomic E-state index is 13.9. The number of carbonyl (C=O) groups is 2. The van der Waals surface area contributed by atoms with Crippen molar-refractivity contribution in [3.63, 3.8) is 0 Å². The molecule has 1 heterocycles. The normalized spacial score (nSPS) is 16.3. The predicted octanol–water partition coefficient (Wildman–Crippen LogP) is 3.67. The van der Waals surface area contributed by atoms with E-state index in [1.807, 2.05) is 6.07 Å². The number of rotatable bonds is 4. The molecule has 3 rings (SSSR count). The Morgan fingerprint density at radius 3 is 2.70 bits per heavy atom. The summed E-state index contributed by atoms with van der Waals surface area (Å²) in [5.41, 5.74) is 1.02. The monoisotopic (exact) mass is 405 g/mol. The quantitative estimate of drug-likeness (QED) is 0.788. The Kier molecular flexibility index (Phi) is 5.64. The van der Waals surface area contributed by atoms with Crippen LogP contribution in [0.2, 0.25) is 10.0 Å². The van der Waals surface area contributed by atoms with Gasteiger partial charge in [0.1, 0.15) is 11.7 Å². The van der Waals surface area contributed by atoms with Crippen molar-refractivity contribution in [1.82, 2.24) is 5.32 Å². The summed E-state index contributed by atoms with van der Waals surface area (Å²) in [5, 5.41) is 12.0. The van der Waals surface area contributed by atoms with Crippen molar-refractivity contribution in [1.29, 1.82) is 5.26 Å². The molecule has 0 aromatic heterocycles. The van der Waals surface area contributed by atoms with Crippen molar-refractivity contribution >= 4 is 40.7 Å². The summed E-state index contributed by atoms with van der Waals surface area (Å²) in [6.07, 6.45) is 0.348. The van der Waals surface area contributed by atoms with Crippen LogP contribution in [0.4, 0.5) is 10.1 Å². The zero-order valence-corrected chi connectivity index (χ0v) is 15.5. The van der Waals surface area contributed by atoms with E-state index in [1.165, 1.54) is 17.0 Å². The highest BCUT2D eigenvalue weighted by atomic mass is 35.5. The molecule has 1 aliphatic rings. The number of halogens is 3. The number of nitrogens with one attached hydrogen (secondary N) is 1. The van der Waals surface area contributed by atoms with Crippen LogP contribution in [0.3, 0.4) is 0 Å². The molecule has 8 heteroatoms. The van der Waals surface area contributed by atoms with Crippen LogP contribution in [0.5, 0.6) is 0 Å². The molecule has 0 saturated carbocycles. The number of nitrogens with zero attached hydrogens (tertiary/aromatic N) is 2. The first kappa shape index (κ1) is 19.2. The minimum absolute atomic E-state index is 0.0626. The molecule has 1 fully saturated rings. The van der Waals surface area contributed by atoms with E-state index in [0.717, 1.165) is 6.07 Å². The van der Waals surface area contributed by atoms with Crippen molar-refractivity contribution in [3.05, 3.63) is 63.4 Å². The van der Waals surface area contributed by atoms with Crippen LogP contribution >= 0.6 is 23.2 Å². The SMILES string of the molecule is N#Cc1ccc(CNC(=O)C2CCN(c3ccc(Cl)c(Cl)c3)C2=O)c(F)c1. The summed E-state index contributed by atoms with van der Waals surface area (Å²) in [5.74, 6) is -2.23. The zero-order chi connectivity index (χ0) is 19.6. The Balaban J connectivity index is 1.65. The Bertz CT molecular complexity index is 958. The van der Waals surface area contributed by atoms with E-state index in [0.29, 0.717) is 28.7 Å². The van der Waals surface area contributed by atoms with Gasteiger partial charge in [0.2, 0.25) is 11.8 Å². The molecular formula is C19H14Cl2FN3O2. The Morgan fingerprint density at radius 2 is 2.04 bits per heavy atom. The smallest absolute Gasteiger partial charge is 0.239 e. The highest BCUT2D eigenvalue weighted by Crippen LogP contribution is 2.31. The Morgan fingerprint density at radius 1 is 1.26 bits per heavy atom. The molecule has 0 spiro atoms. The highest BCUT2D eigenvalue weighted by Gasteiger charge is 2.37. The molecule has 1 N–H and O–H groups in total. The van der Waals surface area contributed by atoms with Gasteiger partial charge in [-0.25, -0.2) is 4.39 Å². The van der Waals surface area contributed by atoms with Gasteiger partial charge in [0.15, 0.2) is 0 Å². The number of anilines is 1. The average molecular weight is 406 g/mol. The molecule has 1 unspecified atom stereocenters. The van der Waals surface area contributed by atoms with Crippen molar-refractivity contribution in [2.45, 2.75) is 13.0 Å². The van der Waals surface area contributed by atoms with Gasteiger partial charge in [-0.1, -0.05) is 29.3 Å². The topological polar surface area (TPSA) is 73.2 Å². The zero-order valence-electron chi connectivity index (χ0n) is 14.0. The molecule has 27 heavy (non-hydrogen) atoms. The Hall–Kier alpha value is -2.62. The lowest BCUT2D eigenvalue weighted by atomic mass is 10.1. The van der Waals surface area contributed by atoms with E-state index in [1.54, 1.807) is 18.2 Å². The number of nitriles is 1. The lowest BCUT2D eigenvalue weighted by molar-refractivity contribution is -0.132. The fourth-order valence-corrected chi connectivity index (χ4v) is 3.19. The fourth-order valence-electron chi connectivity index (χ4n) is 2.90. The summed E-state index contributed by atoms with van der Waals surface area (Å²) in [6.45, 7) is 0.313. The van der Waals surface area contributed by atoms with E-state index >= 15 is 0 Å². The molecule has 0 radical (unpaired) electrons. The minimum Gasteiger partial charge on any atom is -0.351 e. The lowest BCUT2D eigenvalue weighted by Crippen LogP contribution is -2.36. The molecule has 0 aliphatic carbocycles. The van der Waals surface area contributed by atoms with Crippen LogP contribution in [-0.2, 0) is 16.1 Å². The number of hydrogen-bond donors (Lipinski definition) is 1. The van der Waals surface area contributed by atoms with E-state index in [2.05, 4.69) is 5.32 Å². The number of carbonyl (C=O) groups excluding carboxylic acids is 2. The second-order valence-corrected chi connectivity index (χ2v) is 6.88. The average Bonchev–Trinajstić information content (AvgIpc) is 3.04. The molecule has 1 saturated heterocycles. The highest BCUT2D eigenvalue weighted by molar-refractivity contribution is 6.42. The van der Waals surface area contributed by atoms with Gasteiger partial charge in [0.25, 0.3) is 0 Å². The third-order valence-electron chi connectivity index (χ3n) is 4.37. The van der Waals surface area contributed by atoms with Crippen LogP contribution in [0, 0.1) is 23.1 Å². The van der Waals surface area contributed by atoms with Gasteiger partial charge >= 0.3 is 0 Å². The fraction of sp³-hybridized carbons (Fsp3) is 0.211. The predicted molar refractivity (Wildman–Crippen MR) is 99.9 cm³/mol. The molecular weight excluding hydrogens is 392 g/mol. The maximum absolute atomic E-state index is 13.9. The van der Waals surface area contributed by atoms with Gasteiger partial charge in [0, 0.05) is 24.3 Å². The van der Waals surface area contributed by atoms with Gasteiger partial charge in [-0.05, 0) is 36.8 Å². The van der Waals surface area contributed by atoms with Crippen molar-refractivity contribution < 1.29 is 14.0 Å². The largest absolute Gasteiger partial charge is 0.351 e. The van der Waals surface area contributed by atoms with Crippen LogP contribution in [0.1, 0.15) is 17.5 Å². The van der Waals surface area contributed by atoms with Gasteiger partial charge in [-0.15, -0.1) is 0 Å². The third-order valence-corrected chi connectivity index (χ3v) is 5.11. The van der Waals surface area contributed by atoms with Gasteiger partial charge in [0.05, 0.1) is 21.7 Å². The van der Waals surface area contributed by atoms with Gasteiger partial charge < -0.3 is 10.2 Å². The molecule has 1 atom stereocenters. The molecule has 0 bridgehead atoms. The summed E-state index contributed by atoms with van der Waals surface area (Å²) in [4.78, 5) is 26.4. The molecule has 138 valence electrons. The summed E-state index contributed by atoms with van der Waals surface area (Å²) in [7, 11) is 0.